The Morgan fingerprint density at radius 1 is 1.00 bits per heavy atom. The molecule has 1 saturated carbocycles. The number of rotatable bonds is 6. The van der Waals surface area contributed by atoms with Crippen molar-refractivity contribution in [2.75, 3.05) is 10.6 Å². The fraction of sp³-hybridized carbons (Fsp3) is 0.190. The zero-order valence-electron chi connectivity index (χ0n) is 14.6. The van der Waals surface area contributed by atoms with E-state index in [1.54, 1.807) is 24.3 Å². The molecule has 6 heteroatoms. The Hall–Kier alpha value is -3.41. The van der Waals surface area contributed by atoms with Gasteiger partial charge < -0.3 is 15.1 Å². The van der Waals surface area contributed by atoms with Crippen LogP contribution in [0.5, 0.6) is 0 Å². The normalized spacial score (nSPS) is 13.2. The average Bonchev–Trinajstić information content (AvgIpc) is 3.42. The van der Waals surface area contributed by atoms with Gasteiger partial charge in [-0.3, -0.25) is 9.59 Å². The number of hydrogen-bond donors (Lipinski definition) is 2. The molecule has 1 heterocycles. The Labute approximate surface area is 156 Å². The molecule has 0 aliphatic heterocycles. The number of aromatic nitrogens is 1. The van der Waals surface area contributed by atoms with Crippen molar-refractivity contribution >= 4 is 23.2 Å². The van der Waals surface area contributed by atoms with Gasteiger partial charge in [-0.15, -0.1) is 0 Å². The summed E-state index contributed by atoms with van der Waals surface area (Å²) in [6, 6.07) is 16.7. The van der Waals surface area contributed by atoms with Crippen LogP contribution in [0.4, 0.5) is 11.4 Å². The zero-order chi connectivity index (χ0) is 18.6. The van der Waals surface area contributed by atoms with Gasteiger partial charge in [-0.1, -0.05) is 24.3 Å². The summed E-state index contributed by atoms with van der Waals surface area (Å²) in [5.41, 5.74) is 2.73. The summed E-state index contributed by atoms with van der Waals surface area (Å²) in [6.07, 6.45) is 3.50. The number of nitrogens with zero attached hydrogens (tertiary/aromatic N) is 1. The highest BCUT2D eigenvalue weighted by molar-refractivity contribution is 5.96. The number of anilines is 2. The van der Waals surface area contributed by atoms with Crippen LogP contribution in [-0.2, 0) is 16.0 Å². The maximum atomic E-state index is 12.3. The molecular formula is C21H19N3O3. The van der Waals surface area contributed by atoms with Crippen LogP contribution in [0.3, 0.4) is 0 Å². The fourth-order valence-electron chi connectivity index (χ4n) is 2.74. The van der Waals surface area contributed by atoms with Crippen molar-refractivity contribution in [3.05, 3.63) is 66.6 Å². The van der Waals surface area contributed by atoms with Gasteiger partial charge in [0.25, 0.3) is 0 Å². The van der Waals surface area contributed by atoms with E-state index in [4.69, 9.17) is 4.42 Å². The van der Waals surface area contributed by atoms with E-state index in [9.17, 15) is 9.59 Å². The zero-order valence-corrected chi connectivity index (χ0v) is 14.6. The first-order valence-electron chi connectivity index (χ1n) is 8.88. The van der Waals surface area contributed by atoms with Crippen molar-refractivity contribution < 1.29 is 14.0 Å². The third-order valence-electron chi connectivity index (χ3n) is 4.28. The monoisotopic (exact) mass is 361 g/mol. The van der Waals surface area contributed by atoms with Gasteiger partial charge in [-0.05, 0) is 43.2 Å². The number of hydrogen-bond acceptors (Lipinski definition) is 4. The van der Waals surface area contributed by atoms with Gasteiger partial charge >= 0.3 is 0 Å². The van der Waals surface area contributed by atoms with E-state index < -0.39 is 0 Å². The van der Waals surface area contributed by atoms with E-state index in [2.05, 4.69) is 15.6 Å². The van der Waals surface area contributed by atoms with Crippen LogP contribution >= 0.6 is 0 Å². The lowest BCUT2D eigenvalue weighted by Crippen LogP contribution is -2.16. The second kappa shape index (κ2) is 7.45. The van der Waals surface area contributed by atoms with Gasteiger partial charge in [-0.25, -0.2) is 4.98 Å². The predicted octanol–water partition coefficient (Wildman–Crippen LogP) is 3.87. The summed E-state index contributed by atoms with van der Waals surface area (Å²) in [5, 5.41) is 5.70. The van der Waals surface area contributed by atoms with Crippen molar-refractivity contribution in [3.8, 4) is 11.5 Å². The first-order chi connectivity index (χ1) is 13.2. The highest BCUT2D eigenvalue weighted by Gasteiger charge is 2.29. The molecule has 2 amide bonds. The van der Waals surface area contributed by atoms with Crippen molar-refractivity contribution in [1.82, 2.24) is 4.98 Å². The molecule has 27 heavy (non-hydrogen) atoms. The van der Waals surface area contributed by atoms with Gasteiger partial charge in [-0.2, -0.15) is 0 Å². The Morgan fingerprint density at radius 3 is 2.48 bits per heavy atom. The average molecular weight is 361 g/mol. The van der Waals surface area contributed by atoms with Crippen molar-refractivity contribution in [1.29, 1.82) is 0 Å². The van der Waals surface area contributed by atoms with Gasteiger partial charge in [0.1, 0.15) is 6.26 Å². The van der Waals surface area contributed by atoms with E-state index in [1.165, 1.54) is 6.26 Å². The van der Waals surface area contributed by atoms with Gasteiger partial charge in [0.2, 0.25) is 17.7 Å². The molecule has 2 N–H and O–H groups in total. The minimum absolute atomic E-state index is 0.0366. The second-order valence-electron chi connectivity index (χ2n) is 6.58. The maximum absolute atomic E-state index is 12.3. The molecule has 0 radical (unpaired) electrons. The number of amides is 2. The lowest BCUT2D eigenvalue weighted by atomic mass is 10.2. The maximum Gasteiger partial charge on any atom is 0.230 e. The molecule has 136 valence electrons. The molecule has 6 nitrogen and oxygen atoms in total. The molecule has 0 unspecified atom stereocenters. The van der Waals surface area contributed by atoms with Crippen molar-refractivity contribution in [2.24, 2.45) is 5.92 Å². The summed E-state index contributed by atoms with van der Waals surface area (Å²) in [4.78, 5) is 28.5. The molecule has 4 rings (SSSR count). The van der Waals surface area contributed by atoms with E-state index in [1.807, 2.05) is 30.3 Å². The molecule has 1 aliphatic rings. The molecule has 1 aliphatic carbocycles. The molecule has 1 aromatic heterocycles. The Kier molecular flexibility index (Phi) is 4.70. The van der Waals surface area contributed by atoms with Crippen LogP contribution in [0.1, 0.15) is 18.5 Å². The van der Waals surface area contributed by atoms with Crippen LogP contribution in [0.15, 0.2) is 65.3 Å². The third-order valence-corrected chi connectivity index (χ3v) is 4.28. The SMILES string of the molecule is O=C(Cc1coc(-c2ccccc2)n1)Nc1cccc(NC(=O)C2CC2)c1. The topological polar surface area (TPSA) is 84.2 Å². The third kappa shape index (κ3) is 4.41. The standard InChI is InChI=1S/C21H19N3O3/c25-19(12-18-13-27-21(24-18)15-5-2-1-3-6-15)22-16-7-4-8-17(11-16)23-20(26)14-9-10-14/h1-8,11,13-14H,9-10,12H2,(H,22,25)(H,23,26). The number of carbonyl (C=O) groups is 2. The molecule has 0 saturated heterocycles. The minimum atomic E-state index is -0.200. The first kappa shape index (κ1) is 17.0. The Morgan fingerprint density at radius 2 is 1.74 bits per heavy atom. The van der Waals surface area contributed by atoms with E-state index in [-0.39, 0.29) is 24.2 Å². The Balaban J connectivity index is 1.37. The Bertz CT molecular complexity index is 962. The lowest BCUT2D eigenvalue weighted by molar-refractivity contribution is -0.117. The predicted molar refractivity (Wildman–Crippen MR) is 102 cm³/mol. The summed E-state index contributed by atoms with van der Waals surface area (Å²) in [6.45, 7) is 0. The lowest BCUT2D eigenvalue weighted by Gasteiger charge is -2.08. The summed E-state index contributed by atoms with van der Waals surface area (Å²) in [5.74, 6) is 0.459. The highest BCUT2D eigenvalue weighted by atomic mass is 16.3. The van der Waals surface area contributed by atoms with E-state index in [0.717, 1.165) is 18.4 Å². The molecule has 0 atom stereocenters. The summed E-state index contributed by atoms with van der Waals surface area (Å²) < 4.78 is 5.45. The van der Waals surface area contributed by atoms with Crippen LogP contribution in [0.25, 0.3) is 11.5 Å². The van der Waals surface area contributed by atoms with E-state index >= 15 is 0 Å². The van der Waals surface area contributed by atoms with Crippen LogP contribution in [-0.4, -0.2) is 16.8 Å². The molecule has 0 spiro atoms. The molecule has 0 bridgehead atoms. The highest BCUT2D eigenvalue weighted by Crippen LogP contribution is 2.30. The number of nitrogens with one attached hydrogen (secondary N) is 2. The largest absolute Gasteiger partial charge is 0.444 e. The quantitative estimate of drug-likeness (QED) is 0.698. The minimum Gasteiger partial charge on any atom is -0.444 e. The van der Waals surface area contributed by atoms with Crippen molar-refractivity contribution in [3.63, 3.8) is 0 Å². The van der Waals surface area contributed by atoms with Gasteiger partial charge in [0.15, 0.2) is 0 Å². The van der Waals surface area contributed by atoms with E-state index in [0.29, 0.717) is 23.0 Å². The molecule has 2 aromatic carbocycles. The van der Waals surface area contributed by atoms with Crippen molar-refractivity contribution in [2.45, 2.75) is 19.3 Å². The fourth-order valence-corrected chi connectivity index (χ4v) is 2.74. The van der Waals surface area contributed by atoms with Crippen LogP contribution in [0, 0.1) is 5.92 Å². The second-order valence-corrected chi connectivity index (χ2v) is 6.58. The number of carbonyl (C=O) groups excluding carboxylic acids is 2. The van der Waals surface area contributed by atoms with Crippen LogP contribution in [0.2, 0.25) is 0 Å². The molecular weight excluding hydrogens is 342 g/mol. The summed E-state index contributed by atoms with van der Waals surface area (Å²) >= 11 is 0. The summed E-state index contributed by atoms with van der Waals surface area (Å²) in [7, 11) is 0. The first-order valence-corrected chi connectivity index (χ1v) is 8.88. The smallest absolute Gasteiger partial charge is 0.230 e. The van der Waals surface area contributed by atoms with Gasteiger partial charge in [0, 0.05) is 22.9 Å². The van der Waals surface area contributed by atoms with Crippen LogP contribution < -0.4 is 10.6 Å². The number of oxazole rings is 1. The van der Waals surface area contributed by atoms with Gasteiger partial charge in [0.05, 0.1) is 12.1 Å². The number of benzene rings is 2. The molecule has 3 aromatic rings. The molecule has 1 fully saturated rings.